The standard InChI is InChI=1S/C18H24N2O2/c21-18(19-14-7-4-8-14)16-9-15-11-20(12-17(16)22-15)10-13-5-2-1-3-6-13/h1-3,5-6,14-17H,4,7-12H2,(H,19,21)/t15-,16+,17-/m0/s1. The molecule has 4 heteroatoms. The van der Waals surface area contributed by atoms with E-state index >= 15 is 0 Å². The molecule has 118 valence electrons. The lowest BCUT2D eigenvalue weighted by Crippen LogP contribution is -2.47. The van der Waals surface area contributed by atoms with Crippen LogP contribution in [0.4, 0.5) is 0 Å². The maximum atomic E-state index is 12.4. The normalized spacial score (nSPS) is 31.7. The van der Waals surface area contributed by atoms with Gasteiger partial charge in [0, 0.05) is 25.7 Å². The topological polar surface area (TPSA) is 41.6 Å². The molecule has 1 aromatic rings. The number of benzene rings is 1. The van der Waals surface area contributed by atoms with Gasteiger partial charge in [0.05, 0.1) is 18.1 Å². The quantitative estimate of drug-likeness (QED) is 0.924. The lowest BCUT2D eigenvalue weighted by atomic mass is 9.91. The fourth-order valence-corrected chi connectivity index (χ4v) is 3.84. The van der Waals surface area contributed by atoms with E-state index in [2.05, 4.69) is 34.5 Å². The SMILES string of the molecule is O=C(NC1CCC1)[C@@H]1C[C@H]2CN(Cc3ccccc3)C[C@@H]1O2. The highest BCUT2D eigenvalue weighted by molar-refractivity contribution is 5.80. The zero-order valence-corrected chi connectivity index (χ0v) is 12.9. The second-order valence-electron chi connectivity index (χ2n) is 6.95. The fraction of sp³-hybridized carbons (Fsp3) is 0.611. The van der Waals surface area contributed by atoms with Crippen LogP contribution in [0.25, 0.3) is 0 Å². The fourth-order valence-electron chi connectivity index (χ4n) is 3.84. The molecule has 22 heavy (non-hydrogen) atoms. The summed E-state index contributed by atoms with van der Waals surface area (Å²) in [5, 5.41) is 3.20. The van der Waals surface area contributed by atoms with Crippen LogP contribution in [-0.4, -0.2) is 42.1 Å². The monoisotopic (exact) mass is 300 g/mol. The van der Waals surface area contributed by atoms with E-state index in [0.717, 1.165) is 38.9 Å². The molecule has 1 amide bonds. The van der Waals surface area contributed by atoms with Crippen molar-refractivity contribution in [3.63, 3.8) is 0 Å². The Balaban J connectivity index is 1.36. The zero-order valence-electron chi connectivity index (χ0n) is 12.9. The molecule has 3 atom stereocenters. The van der Waals surface area contributed by atoms with E-state index < -0.39 is 0 Å². The van der Waals surface area contributed by atoms with E-state index in [4.69, 9.17) is 4.74 Å². The van der Waals surface area contributed by atoms with Crippen molar-refractivity contribution in [1.82, 2.24) is 10.2 Å². The van der Waals surface area contributed by atoms with Crippen LogP contribution in [0.2, 0.25) is 0 Å². The summed E-state index contributed by atoms with van der Waals surface area (Å²) in [6.45, 7) is 2.76. The second kappa shape index (κ2) is 6.01. The van der Waals surface area contributed by atoms with E-state index in [9.17, 15) is 4.79 Å². The number of ether oxygens (including phenoxy) is 1. The van der Waals surface area contributed by atoms with Gasteiger partial charge in [0.1, 0.15) is 0 Å². The number of carbonyl (C=O) groups excluding carboxylic acids is 1. The van der Waals surface area contributed by atoms with Crippen LogP contribution in [0, 0.1) is 5.92 Å². The highest BCUT2D eigenvalue weighted by atomic mass is 16.5. The van der Waals surface area contributed by atoms with Crippen LogP contribution in [-0.2, 0) is 16.1 Å². The number of rotatable bonds is 4. The molecule has 4 rings (SSSR count). The molecule has 3 fully saturated rings. The minimum absolute atomic E-state index is 0.0476. The average Bonchev–Trinajstić information content (AvgIpc) is 2.79. The first-order valence-electron chi connectivity index (χ1n) is 8.50. The molecule has 1 aliphatic carbocycles. The summed E-state index contributed by atoms with van der Waals surface area (Å²) in [5.41, 5.74) is 1.33. The van der Waals surface area contributed by atoms with Gasteiger partial charge in [0.15, 0.2) is 0 Å². The minimum atomic E-state index is 0.0476. The van der Waals surface area contributed by atoms with Crippen molar-refractivity contribution < 1.29 is 9.53 Å². The number of carbonyl (C=O) groups is 1. The molecule has 4 nitrogen and oxygen atoms in total. The number of likely N-dealkylation sites (tertiary alicyclic amines) is 1. The van der Waals surface area contributed by atoms with E-state index in [-0.39, 0.29) is 24.0 Å². The Hall–Kier alpha value is -1.39. The molecule has 3 aliphatic rings. The van der Waals surface area contributed by atoms with Crippen LogP contribution in [0.15, 0.2) is 30.3 Å². The Bertz CT molecular complexity index is 529. The Morgan fingerprint density at radius 1 is 1.23 bits per heavy atom. The van der Waals surface area contributed by atoms with Crippen molar-refractivity contribution in [3.8, 4) is 0 Å². The Labute approximate surface area is 131 Å². The molecular weight excluding hydrogens is 276 g/mol. The van der Waals surface area contributed by atoms with Gasteiger partial charge in [-0.1, -0.05) is 30.3 Å². The lowest BCUT2D eigenvalue weighted by molar-refractivity contribution is -0.129. The Morgan fingerprint density at radius 3 is 2.77 bits per heavy atom. The smallest absolute Gasteiger partial charge is 0.226 e. The molecule has 1 saturated carbocycles. The van der Waals surface area contributed by atoms with Crippen molar-refractivity contribution in [2.24, 2.45) is 5.92 Å². The van der Waals surface area contributed by atoms with Crippen molar-refractivity contribution in [1.29, 1.82) is 0 Å². The molecule has 2 saturated heterocycles. The second-order valence-corrected chi connectivity index (χ2v) is 6.95. The third-order valence-electron chi connectivity index (χ3n) is 5.27. The maximum Gasteiger partial charge on any atom is 0.226 e. The van der Waals surface area contributed by atoms with Crippen LogP contribution >= 0.6 is 0 Å². The van der Waals surface area contributed by atoms with Gasteiger partial charge >= 0.3 is 0 Å². The number of amides is 1. The van der Waals surface area contributed by atoms with Gasteiger partial charge < -0.3 is 10.1 Å². The summed E-state index contributed by atoms with van der Waals surface area (Å²) < 4.78 is 6.03. The number of hydrogen-bond donors (Lipinski definition) is 1. The molecule has 0 unspecified atom stereocenters. The van der Waals surface area contributed by atoms with E-state index in [1.165, 1.54) is 12.0 Å². The van der Waals surface area contributed by atoms with Gasteiger partial charge in [0.2, 0.25) is 5.91 Å². The Kier molecular flexibility index (Phi) is 3.89. The lowest BCUT2D eigenvalue weighted by Gasteiger charge is -2.33. The molecule has 2 heterocycles. The minimum Gasteiger partial charge on any atom is -0.371 e. The van der Waals surface area contributed by atoms with Gasteiger partial charge in [-0.25, -0.2) is 0 Å². The van der Waals surface area contributed by atoms with Gasteiger partial charge in [0.25, 0.3) is 0 Å². The largest absolute Gasteiger partial charge is 0.371 e. The molecule has 2 bridgehead atoms. The van der Waals surface area contributed by atoms with Crippen molar-refractivity contribution in [2.75, 3.05) is 13.1 Å². The third-order valence-corrected chi connectivity index (χ3v) is 5.27. The summed E-state index contributed by atoms with van der Waals surface area (Å²) in [5.74, 6) is 0.269. The highest BCUT2D eigenvalue weighted by Gasteiger charge is 2.45. The van der Waals surface area contributed by atoms with E-state index in [0.29, 0.717) is 6.04 Å². The van der Waals surface area contributed by atoms with Gasteiger partial charge in [-0.3, -0.25) is 9.69 Å². The molecule has 0 spiro atoms. The number of nitrogens with one attached hydrogen (secondary N) is 1. The number of morpholine rings is 1. The third kappa shape index (κ3) is 2.90. The molecular formula is C18H24N2O2. The van der Waals surface area contributed by atoms with Gasteiger partial charge in [-0.15, -0.1) is 0 Å². The van der Waals surface area contributed by atoms with Crippen molar-refractivity contribution in [3.05, 3.63) is 35.9 Å². The number of hydrogen-bond acceptors (Lipinski definition) is 3. The molecule has 1 N–H and O–H groups in total. The summed E-state index contributed by atoms with van der Waals surface area (Å²) in [4.78, 5) is 14.9. The predicted octanol–water partition coefficient (Wildman–Crippen LogP) is 1.94. The number of nitrogens with zero attached hydrogens (tertiary/aromatic N) is 1. The summed E-state index contributed by atoms with van der Waals surface area (Å²) in [6.07, 6.45) is 4.72. The van der Waals surface area contributed by atoms with Crippen molar-refractivity contribution >= 4 is 5.91 Å². The van der Waals surface area contributed by atoms with Crippen LogP contribution in [0.5, 0.6) is 0 Å². The van der Waals surface area contributed by atoms with E-state index in [1.54, 1.807) is 0 Å². The van der Waals surface area contributed by atoms with E-state index in [1.807, 2.05) is 6.07 Å². The Morgan fingerprint density at radius 2 is 2.05 bits per heavy atom. The first-order valence-corrected chi connectivity index (χ1v) is 8.50. The summed E-state index contributed by atoms with van der Waals surface area (Å²) in [7, 11) is 0. The van der Waals surface area contributed by atoms with Crippen LogP contribution in [0.3, 0.4) is 0 Å². The summed E-state index contributed by atoms with van der Waals surface area (Å²) in [6, 6.07) is 11.0. The first-order chi connectivity index (χ1) is 10.8. The van der Waals surface area contributed by atoms with Crippen LogP contribution in [0.1, 0.15) is 31.2 Å². The van der Waals surface area contributed by atoms with Crippen molar-refractivity contribution in [2.45, 2.75) is 50.5 Å². The molecule has 0 aromatic heterocycles. The highest BCUT2D eigenvalue weighted by Crippen LogP contribution is 2.33. The maximum absolute atomic E-state index is 12.4. The first kappa shape index (κ1) is 14.2. The predicted molar refractivity (Wildman–Crippen MR) is 84.3 cm³/mol. The van der Waals surface area contributed by atoms with Crippen LogP contribution < -0.4 is 5.32 Å². The van der Waals surface area contributed by atoms with Gasteiger partial charge in [-0.05, 0) is 31.2 Å². The molecule has 0 radical (unpaired) electrons. The molecule has 2 aliphatic heterocycles. The summed E-state index contributed by atoms with van der Waals surface area (Å²) >= 11 is 0. The number of fused-ring (bicyclic) bond motifs is 2. The average molecular weight is 300 g/mol. The van der Waals surface area contributed by atoms with Gasteiger partial charge in [-0.2, -0.15) is 0 Å². The molecule has 1 aromatic carbocycles. The zero-order chi connectivity index (χ0) is 14.9.